The minimum absolute atomic E-state index is 0.209. The van der Waals surface area contributed by atoms with Crippen LogP contribution in [-0.4, -0.2) is 38.3 Å². The van der Waals surface area contributed by atoms with Crippen LogP contribution in [0.1, 0.15) is 36.4 Å². The lowest BCUT2D eigenvalue weighted by Gasteiger charge is -2.23. The Morgan fingerprint density at radius 2 is 2.35 bits per heavy atom. The molecule has 20 heavy (non-hydrogen) atoms. The molecule has 1 atom stereocenters. The number of rotatable bonds is 7. The van der Waals surface area contributed by atoms with Crippen LogP contribution in [0.2, 0.25) is 0 Å². The molecule has 5 nitrogen and oxygen atoms in total. The van der Waals surface area contributed by atoms with Crippen molar-refractivity contribution in [2.24, 2.45) is 0 Å². The maximum Gasteiger partial charge on any atom is 0.211 e. The van der Waals surface area contributed by atoms with E-state index in [2.05, 4.69) is 15.0 Å². The summed E-state index contributed by atoms with van der Waals surface area (Å²) >= 11 is 1.59. The first-order valence-corrected chi connectivity index (χ1v) is 9.70. The van der Waals surface area contributed by atoms with Gasteiger partial charge >= 0.3 is 0 Å². The maximum absolute atomic E-state index is 11.9. The second-order valence-electron chi connectivity index (χ2n) is 5.26. The lowest BCUT2D eigenvalue weighted by molar-refractivity contribution is 0.392. The number of hydrogen-bond donors (Lipinski definition) is 2. The van der Waals surface area contributed by atoms with Gasteiger partial charge in [0.1, 0.15) is 0 Å². The molecule has 1 aromatic heterocycles. The molecule has 2 N–H and O–H groups in total. The Hall–Kier alpha value is -0.500. The predicted molar refractivity (Wildman–Crippen MR) is 82.6 cm³/mol. The highest BCUT2D eigenvalue weighted by Crippen LogP contribution is 2.11. The molecule has 1 aliphatic heterocycles. The average Bonchev–Trinajstić information content (AvgIpc) is 2.83. The van der Waals surface area contributed by atoms with Crippen LogP contribution in [0.3, 0.4) is 0 Å². The van der Waals surface area contributed by atoms with Gasteiger partial charge in [-0.15, -0.1) is 11.3 Å². The Morgan fingerprint density at radius 1 is 1.50 bits per heavy atom. The van der Waals surface area contributed by atoms with Crippen molar-refractivity contribution in [3.63, 3.8) is 0 Å². The molecule has 7 heteroatoms. The van der Waals surface area contributed by atoms with Gasteiger partial charge in [0, 0.05) is 24.4 Å². The molecular weight excluding hydrogens is 294 g/mol. The summed E-state index contributed by atoms with van der Waals surface area (Å²) in [6.45, 7) is 3.40. The zero-order chi connectivity index (χ0) is 14.4. The van der Waals surface area contributed by atoms with Crippen LogP contribution in [-0.2, 0) is 16.4 Å². The third-order valence-corrected chi connectivity index (χ3v) is 5.76. The first kappa shape index (κ1) is 15.9. The molecule has 0 aromatic carbocycles. The zero-order valence-electron chi connectivity index (χ0n) is 11.9. The lowest BCUT2D eigenvalue weighted by Crippen LogP contribution is -2.37. The standard InChI is InChI=1S/C13H23N3O2S2/c1-11-16-13(10-19-11)5-8-15-20(17,18)9-6-12-4-2-3-7-14-12/h10,12,14-15H,2-9H2,1H3. The molecule has 0 aliphatic carbocycles. The SMILES string of the molecule is Cc1nc(CCNS(=O)(=O)CCC2CCCCN2)cs1. The van der Waals surface area contributed by atoms with Crippen molar-refractivity contribution in [2.45, 2.75) is 45.1 Å². The summed E-state index contributed by atoms with van der Waals surface area (Å²) < 4.78 is 26.5. The third-order valence-electron chi connectivity index (χ3n) is 3.52. The smallest absolute Gasteiger partial charge is 0.211 e. The van der Waals surface area contributed by atoms with E-state index < -0.39 is 10.0 Å². The predicted octanol–water partition coefficient (Wildman–Crippen LogP) is 1.45. The molecule has 1 aromatic rings. The quantitative estimate of drug-likeness (QED) is 0.798. The first-order chi connectivity index (χ1) is 9.55. The van der Waals surface area contributed by atoms with Gasteiger partial charge in [-0.1, -0.05) is 6.42 Å². The van der Waals surface area contributed by atoms with E-state index in [4.69, 9.17) is 0 Å². The number of sulfonamides is 1. The van der Waals surface area contributed by atoms with Gasteiger partial charge in [0.05, 0.1) is 16.5 Å². The molecule has 1 aliphatic rings. The van der Waals surface area contributed by atoms with Crippen molar-refractivity contribution >= 4 is 21.4 Å². The number of aryl methyl sites for hydroxylation is 1. The van der Waals surface area contributed by atoms with Crippen molar-refractivity contribution in [3.8, 4) is 0 Å². The molecule has 1 fully saturated rings. The normalized spacial score (nSPS) is 20.1. The average molecular weight is 317 g/mol. The van der Waals surface area contributed by atoms with Crippen molar-refractivity contribution in [2.75, 3.05) is 18.8 Å². The van der Waals surface area contributed by atoms with Crippen molar-refractivity contribution in [1.82, 2.24) is 15.0 Å². The Morgan fingerprint density at radius 3 is 3.00 bits per heavy atom. The van der Waals surface area contributed by atoms with E-state index >= 15 is 0 Å². The van der Waals surface area contributed by atoms with Gasteiger partial charge in [0.15, 0.2) is 0 Å². The minimum atomic E-state index is -3.16. The van der Waals surface area contributed by atoms with E-state index in [1.165, 1.54) is 12.8 Å². The van der Waals surface area contributed by atoms with Gasteiger partial charge in [-0.2, -0.15) is 0 Å². The fraction of sp³-hybridized carbons (Fsp3) is 0.769. The molecule has 2 rings (SSSR count). The number of hydrogen-bond acceptors (Lipinski definition) is 5. The summed E-state index contributed by atoms with van der Waals surface area (Å²) in [4.78, 5) is 4.32. The summed E-state index contributed by atoms with van der Waals surface area (Å²) in [6.07, 6.45) is 4.85. The largest absolute Gasteiger partial charge is 0.314 e. The van der Waals surface area contributed by atoms with Crippen LogP contribution in [0, 0.1) is 6.92 Å². The Bertz CT molecular complexity index is 507. The molecule has 2 heterocycles. The molecule has 0 spiro atoms. The van der Waals surface area contributed by atoms with Gasteiger partial charge in [-0.05, 0) is 32.7 Å². The molecule has 1 unspecified atom stereocenters. The highest BCUT2D eigenvalue weighted by Gasteiger charge is 2.17. The number of nitrogens with one attached hydrogen (secondary N) is 2. The van der Waals surface area contributed by atoms with Gasteiger partial charge in [0.25, 0.3) is 0 Å². The van der Waals surface area contributed by atoms with Crippen LogP contribution >= 0.6 is 11.3 Å². The fourth-order valence-electron chi connectivity index (χ4n) is 2.40. The van der Waals surface area contributed by atoms with E-state index in [-0.39, 0.29) is 5.75 Å². The van der Waals surface area contributed by atoms with Crippen molar-refractivity contribution in [3.05, 3.63) is 16.1 Å². The molecule has 0 saturated carbocycles. The van der Waals surface area contributed by atoms with E-state index in [0.29, 0.717) is 25.4 Å². The molecule has 0 amide bonds. The van der Waals surface area contributed by atoms with E-state index in [1.54, 1.807) is 11.3 Å². The van der Waals surface area contributed by atoms with Crippen LogP contribution in [0.15, 0.2) is 5.38 Å². The highest BCUT2D eigenvalue weighted by molar-refractivity contribution is 7.89. The Kier molecular flexibility index (Phi) is 5.95. The summed E-state index contributed by atoms with van der Waals surface area (Å²) in [7, 11) is -3.16. The Balaban J connectivity index is 1.67. The highest BCUT2D eigenvalue weighted by atomic mass is 32.2. The van der Waals surface area contributed by atoms with E-state index in [0.717, 1.165) is 23.7 Å². The summed E-state index contributed by atoms with van der Waals surface area (Å²) in [5.41, 5.74) is 0.962. The monoisotopic (exact) mass is 317 g/mol. The second kappa shape index (κ2) is 7.49. The number of aromatic nitrogens is 1. The lowest BCUT2D eigenvalue weighted by atomic mass is 10.0. The van der Waals surface area contributed by atoms with E-state index in [9.17, 15) is 8.42 Å². The molecule has 0 bridgehead atoms. The van der Waals surface area contributed by atoms with Crippen molar-refractivity contribution in [1.29, 1.82) is 0 Å². The molecule has 0 radical (unpaired) electrons. The molecule has 1 saturated heterocycles. The number of thiazole rings is 1. The minimum Gasteiger partial charge on any atom is -0.314 e. The van der Waals surface area contributed by atoms with Gasteiger partial charge in [0.2, 0.25) is 10.0 Å². The van der Waals surface area contributed by atoms with Crippen LogP contribution in [0.4, 0.5) is 0 Å². The third kappa shape index (κ3) is 5.47. The maximum atomic E-state index is 11.9. The molecule has 114 valence electrons. The Labute approximate surface area is 125 Å². The topological polar surface area (TPSA) is 71.1 Å². The first-order valence-electron chi connectivity index (χ1n) is 7.17. The van der Waals surface area contributed by atoms with Crippen molar-refractivity contribution < 1.29 is 8.42 Å². The molecular formula is C13H23N3O2S2. The van der Waals surface area contributed by atoms with Crippen LogP contribution in [0.5, 0.6) is 0 Å². The summed E-state index contributed by atoms with van der Waals surface area (Å²) in [5, 5.41) is 6.38. The fourth-order valence-corrected chi connectivity index (χ4v) is 4.20. The zero-order valence-corrected chi connectivity index (χ0v) is 13.5. The summed E-state index contributed by atoms with van der Waals surface area (Å²) in [6, 6.07) is 0.363. The second-order valence-corrected chi connectivity index (χ2v) is 8.25. The van der Waals surface area contributed by atoms with Crippen LogP contribution in [0.25, 0.3) is 0 Å². The van der Waals surface area contributed by atoms with Gasteiger partial charge < -0.3 is 5.32 Å². The number of piperidine rings is 1. The summed E-state index contributed by atoms with van der Waals surface area (Å²) in [5.74, 6) is 0.209. The van der Waals surface area contributed by atoms with Crippen LogP contribution < -0.4 is 10.0 Å². The van der Waals surface area contributed by atoms with Gasteiger partial charge in [-0.25, -0.2) is 18.1 Å². The van der Waals surface area contributed by atoms with Gasteiger partial charge in [-0.3, -0.25) is 0 Å². The number of nitrogens with zero attached hydrogens (tertiary/aromatic N) is 1. The van der Waals surface area contributed by atoms with E-state index in [1.807, 2.05) is 12.3 Å².